The van der Waals surface area contributed by atoms with Crippen molar-refractivity contribution in [3.8, 4) is 17.1 Å². The van der Waals surface area contributed by atoms with Crippen molar-refractivity contribution in [2.75, 3.05) is 5.32 Å². The smallest absolute Gasteiger partial charge is 0.295 e. The van der Waals surface area contributed by atoms with Gasteiger partial charge in [0.1, 0.15) is 0 Å². The molecule has 3 aromatic carbocycles. The highest BCUT2D eigenvalue weighted by Crippen LogP contribution is 2.24. The molecule has 0 spiro atoms. The first kappa shape index (κ1) is 20.5. The number of carbonyl (C=O) groups is 1. The van der Waals surface area contributed by atoms with Gasteiger partial charge in [0, 0.05) is 11.3 Å². The molecule has 0 aliphatic heterocycles. The van der Waals surface area contributed by atoms with Gasteiger partial charge in [-0.2, -0.15) is 0 Å². The minimum Gasteiger partial charge on any atom is -0.319 e. The van der Waals surface area contributed by atoms with E-state index in [1.54, 1.807) is 4.68 Å². The predicted molar refractivity (Wildman–Crippen MR) is 125 cm³/mol. The van der Waals surface area contributed by atoms with Gasteiger partial charge in [0.2, 0.25) is 5.82 Å². The van der Waals surface area contributed by atoms with Crippen molar-refractivity contribution in [1.29, 1.82) is 0 Å². The number of carbonyl (C=O) groups excluding carboxylic acids is 1. The normalized spacial score (nSPS) is 10.8. The largest absolute Gasteiger partial charge is 0.319 e. The summed E-state index contributed by atoms with van der Waals surface area (Å²) in [6.07, 6.45) is 0.954. The highest BCUT2D eigenvalue weighted by atomic mass is 16.2. The molecule has 0 radical (unpaired) electrons. The number of aromatic nitrogens is 3. The number of benzene rings is 3. The molecular formula is C26H26N4O. The summed E-state index contributed by atoms with van der Waals surface area (Å²) >= 11 is 0. The third kappa shape index (κ3) is 4.40. The number of aryl methyl sites for hydroxylation is 4. The van der Waals surface area contributed by atoms with E-state index >= 15 is 0 Å². The van der Waals surface area contributed by atoms with Crippen molar-refractivity contribution in [2.24, 2.45) is 0 Å². The minimum atomic E-state index is -0.332. The topological polar surface area (TPSA) is 59.8 Å². The number of rotatable bonds is 5. The van der Waals surface area contributed by atoms with Crippen molar-refractivity contribution in [1.82, 2.24) is 14.8 Å². The van der Waals surface area contributed by atoms with Crippen LogP contribution in [0.15, 0.2) is 66.7 Å². The summed E-state index contributed by atoms with van der Waals surface area (Å²) in [6.45, 7) is 8.24. The van der Waals surface area contributed by atoms with Crippen LogP contribution in [0.4, 0.5) is 5.69 Å². The van der Waals surface area contributed by atoms with Gasteiger partial charge in [-0.15, -0.1) is 5.10 Å². The van der Waals surface area contributed by atoms with Crippen LogP contribution >= 0.6 is 0 Å². The van der Waals surface area contributed by atoms with E-state index in [2.05, 4.69) is 35.3 Å². The van der Waals surface area contributed by atoms with Gasteiger partial charge in [-0.3, -0.25) is 4.79 Å². The van der Waals surface area contributed by atoms with Crippen LogP contribution < -0.4 is 5.32 Å². The van der Waals surface area contributed by atoms with Crippen LogP contribution in [0.2, 0.25) is 0 Å². The maximum Gasteiger partial charge on any atom is 0.295 e. The first-order valence-corrected chi connectivity index (χ1v) is 10.5. The SMILES string of the molecule is CCc1ccc(NC(=O)c2nc(-c3ccc(C)cc3)n(-c3ccc(C)cc3C)n2)cc1. The Morgan fingerprint density at radius 2 is 1.58 bits per heavy atom. The number of hydrogen-bond acceptors (Lipinski definition) is 3. The molecule has 4 rings (SSSR count). The van der Waals surface area contributed by atoms with E-state index < -0.39 is 0 Å². The molecule has 0 aliphatic rings. The Bertz CT molecular complexity index is 1220. The van der Waals surface area contributed by atoms with Crippen LogP contribution in [0.5, 0.6) is 0 Å². The van der Waals surface area contributed by atoms with E-state index in [0.29, 0.717) is 5.82 Å². The van der Waals surface area contributed by atoms with Gasteiger partial charge >= 0.3 is 0 Å². The Labute approximate surface area is 182 Å². The zero-order chi connectivity index (χ0) is 22.0. The van der Waals surface area contributed by atoms with Gasteiger partial charge in [0.05, 0.1) is 5.69 Å². The first-order valence-electron chi connectivity index (χ1n) is 10.5. The molecule has 0 saturated heterocycles. The molecule has 0 aliphatic carbocycles. The fourth-order valence-corrected chi connectivity index (χ4v) is 3.52. The Balaban J connectivity index is 1.74. The number of amides is 1. The molecule has 0 unspecified atom stereocenters. The molecular weight excluding hydrogens is 384 g/mol. The average Bonchev–Trinajstić information content (AvgIpc) is 3.20. The quantitative estimate of drug-likeness (QED) is 0.461. The van der Waals surface area contributed by atoms with Crippen molar-refractivity contribution >= 4 is 11.6 Å². The van der Waals surface area contributed by atoms with Crippen molar-refractivity contribution in [2.45, 2.75) is 34.1 Å². The Morgan fingerprint density at radius 1 is 0.903 bits per heavy atom. The molecule has 0 atom stereocenters. The minimum absolute atomic E-state index is 0.134. The molecule has 0 bridgehead atoms. The van der Waals surface area contributed by atoms with Gasteiger partial charge in [0.15, 0.2) is 5.82 Å². The van der Waals surface area contributed by atoms with Gasteiger partial charge < -0.3 is 5.32 Å². The van der Waals surface area contributed by atoms with Gasteiger partial charge in [0.25, 0.3) is 5.91 Å². The summed E-state index contributed by atoms with van der Waals surface area (Å²) in [4.78, 5) is 17.6. The van der Waals surface area contributed by atoms with Crippen molar-refractivity contribution < 1.29 is 4.79 Å². The van der Waals surface area contributed by atoms with Crippen molar-refractivity contribution in [3.63, 3.8) is 0 Å². The second kappa shape index (κ2) is 8.56. The maximum absolute atomic E-state index is 12.9. The standard InChI is InChI=1S/C26H26N4O/c1-5-20-9-13-22(14-10-20)27-26(31)24-28-25(21-11-6-17(2)7-12-21)30(29-24)23-15-8-18(3)16-19(23)4/h6-16H,5H2,1-4H3,(H,27,31). The second-order valence-electron chi connectivity index (χ2n) is 7.83. The zero-order valence-electron chi connectivity index (χ0n) is 18.3. The lowest BCUT2D eigenvalue weighted by Crippen LogP contribution is -2.14. The van der Waals surface area contributed by atoms with Gasteiger partial charge in [-0.1, -0.05) is 66.6 Å². The predicted octanol–water partition coefficient (Wildman–Crippen LogP) is 5.67. The summed E-state index contributed by atoms with van der Waals surface area (Å²) in [5, 5.41) is 7.50. The van der Waals surface area contributed by atoms with Gasteiger partial charge in [-0.05, 0) is 56.5 Å². The molecule has 1 heterocycles. The van der Waals surface area contributed by atoms with E-state index in [9.17, 15) is 4.79 Å². The van der Waals surface area contributed by atoms with Crippen LogP contribution in [-0.2, 0) is 6.42 Å². The highest BCUT2D eigenvalue weighted by Gasteiger charge is 2.20. The molecule has 0 saturated carbocycles. The number of hydrogen-bond donors (Lipinski definition) is 1. The van der Waals surface area contributed by atoms with Crippen LogP contribution in [0.3, 0.4) is 0 Å². The molecule has 0 fully saturated rings. The van der Waals surface area contributed by atoms with Gasteiger partial charge in [-0.25, -0.2) is 9.67 Å². The lowest BCUT2D eigenvalue weighted by atomic mass is 10.1. The Morgan fingerprint density at radius 3 is 2.23 bits per heavy atom. The maximum atomic E-state index is 12.9. The molecule has 156 valence electrons. The van der Waals surface area contributed by atoms with Crippen LogP contribution in [-0.4, -0.2) is 20.7 Å². The summed E-state index contributed by atoms with van der Waals surface area (Å²) < 4.78 is 1.76. The second-order valence-corrected chi connectivity index (χ2v) is 7.83. The lowest BCUT2D eigenvalue weighted by Gasteiger charge is -2.10. The summed E-state index contributed by atoms with van der Waals surface area (Å²) in [7, 11) is 0. The third-order valence-corrected chi connectivity index (χ3v) is 5.32. The number of nitrogens with one attached hydrogen (secondary N) is 1. The summed E-state index contributed by atoms with van der Waals surface area (Å²) in [5.41, 5.74) is 7.16. The molecule has 5 nitrogen and oxygen atoms in total. The van der Waals surface area contributed by atoms with E-state index in [0.717, 1.165) is 34.5 Å². The Hall–Kier alpha value is -3.73. The van der Waals surface area contributed by atoms with E-state index in [4.69, 9.17) is 0 Å². The van der Waals surface area contributed by atoms with E-state index in [1.807, 2.05) is 74.5 Å². The number of nitrogens with zero attached hydrogens (tertiary/aromatic N) is 3. The Kier molecular flexibility index (Phi) is 5.67. The molecule has 4 aromatic rings. The molecule has 1 amide bonds. The molecule has 5 heteroatoms. The van der Waals surface area contributed by atoms with Crippen molar-refractivity contribution in [3.05, 3.63) is 94.8 Å². The van der Waals surface area contributed by atoms with Crippen LogP contribution in [0.25, 0.3) is 17.1 Å². The number of anilines is 1. The lowest BCUT2D eigenvalue weighted by molar-refractivity contribution is 0.101. The molecule has 1 aromatic heterocycles. The van der Waals surface area contributed by atoms with E-state index in [-0.39, 0.29) is 11.7 Å². The zero-order valence-corrected chi connectivity index (χ0v) is 18.3. The highest BCUT2D eigenvalue weighted by molar-refractivity contribution is 6.01. The van der Waals surface area contributed by atoms with Crippen LogP contribution in [0.1, 0.15) is 39.8 Å². The molecule has 1 N–H and O–H groups in total. The first-order chi connectivity index (χ1) is 14.9. The average molecular weight is 411 g/mol. The monoisotopic (exact) mass is 410 g/mol. The van der Waals surface area contributed by atoms with E-state index in [1.165, 1.54) is 11.1 Å². The summed E-state index contributed by atoms with van der Waals surface area (Å²) in [5.74, 6) is 0.440. The third-order valence-electron chi connectivity index (χ3n) is 5.32. The molecule has 31 heavy (non-hydrogen) atoms. The fourth-order valence-electron chi connectivity index (χ4n) is 3.52. The van der Waals surface area contributed by atoms with Crippen LogP contribution in [0, 0.1) is 20.8 Å². The summed E-state index contributed by atoms with van der Waals surface area (Å²) in [6, 6.07) is 22.1. The fraction of sp³-hybridized carbons (Fsp3) is 0.192.